The van der Waals surface area contributed by atoms with Gasteiger partial charge in [-0.15, -0.1) is 0 Å². The standard InChI is InChI=1S/C19H17NO5/c1-22-16-8-7-13(10-18(16)23-2)17-11-15(20-25-17)12-5-4-6-14(9-12)19(21)24-3/h4-11H,1-3H3. The molecule has 128 valence electrons. The molecule has 3 aromatic rings. The predicted molar refractivity (Wildman–Crippen MR) is 91.8 cm³/mol. The molecule has 0 atom stereocenters. The summed E-state index contributed by atoms with van der Waals surface area (Å²) in [5.41, 5.74) is 2.64. The Morgan fingerprint density at radius 3 is 2.44 bits per heavy atom. The Morgan fingerprint density at radius 1 is 0.920 bits per heavy atom. The lowest BCUT2D eigenvalue weighted by atomic mass is 10.1. The summed E-state index contributed by atoms with van der Waals surface area (Å²) in [6.45, 7) is 0. The van der Waals surface area contributed by atoms with Crippen LogP contribution in [-0.2, 0) is 4.74 Å². The number of hydrogen-bond acceptors (Lipinski definition) is 6. The third-order valence-corrected chi connectivity index (χ3v) is 3.76. The predicted octanol–water partition coefficient (Wildman–Crippen LogP) is 3.81. The molecule has 2 aromatic carbocycles. The molecule has 0 fully saturated rings. The van der Waals surface area contributed by atoms with Gasteiger partial charge < -0.3 is 18.7 Å². The molecule has 0 amide bonds. The summed E-state index contributed by atoms with van der Waals surface area (Å²) in [4.78, 5) is 11.7. The van der Waals surface area contributed by atoms with Crippen LogP contribution in [0.15, 0.2) is 53.1 Å². The van der Waals surface area contributed by atoms with Crippen LogP contribution in [0.2, 0.25) is 0 Å². The molecule has 1 heterocycles. The number of carbonyl (C=O) groups excluding carboxylic acids is 1. The minimum atomic E-state index is -0.398. The van der Waals surface area contributed by atoms with Crippen LogP contribution in [0, 0.1) is 0 Å². The van der Waals surface area contributed by atoms with Crippen molar-refractivity contribution in [1.82, 2.24) is 5.16 Å². The van der Waals surface area contributed by atoms with Gasteiger partial charge in [-0.3, -0.25) is 0 Å². The van der Waals surface area contributed by atoms with Crippen molar-refractivity contribution in [3.63, 3.8) is 0 Å². The van der Waals surface area contributed by atoms with Gasteiger partial charge in [-0.1, -0.05) is 17.3 Å². The molecular weight excluding hydrogens is 322 g/mol. The Labute approximate surface area is 144 Å². The number of ether oxygens (including phenoxy) is 3. The molecule has 0 saturated carbocycles. The highest BCUT2D eigenvalue weighted by atomic mass is 16.5. The summed E-state index contributed by atoms with van der Waals surface area (Å²) < 4.78 is 20.7. The fourth-order valence-corrected chi connectivity index (χ4v) is 2.46. The van der Waals surface area contributed by atoms with Crippen molar-refractivity contribution < 1.29 is 23.5 Å². The van der Waals surface area contributed by atoms with Gasteiger partial charge in [0.1, 0.15) is 5.69 Å². The molecule has 0 N–H and O–H groups in total. The highest BCUT2D eigenvalue weighted by molar-refractivity contribution is 5.90. The van der Waals surface area contributed by atoms with E-state index in [1.54, 1.807) is 44.6 Å². The number of aromatic nitrogens is 1. The van der Waals surface area contributed by atoms with Gasteiger partial charge in [0.15, 0.2) is 17.3 Å². The first-order chi connectivity index (χ1) is 12.2. The van der Waals surface area contributed by atoms with Gasteiger partial charge in [0.05, 0.1) is 26.9 Å². The van der Waals surface area contributed by atoms with Crippen molar-refractivity contribution in [3.8, 4) is 34.1 Å². The number of rotatable bonds is 5. The second-order valence-electron chi connectivity index (χ2n) is 5.22. The van der Waals surface area contributed by atoms with E-state index in [0.29, 0.717) is 28.5 Å². The van der Waals surface area contributed by atoms with E-state index in [4.69, 9.17) is 18.7 Å². The molecule has 0 aliphatic heterocycles. The zero-order valence-electron chi connectivity index (χ0n) is 14.1. The highest BCUT2D eigenvalue weighted by Crippen LogP contribution is 2.33. The van der Waals surface area contributed by atoms with Crippen molar-refractivity contribution in [2.75, 3.05) is 21.3 Å². The van der Waals surface area contributed by atoms with Gasteiger partial charge in [-0.25, -0.2) is 4.79 Å². The monoisotopic (exact) mass is 339 g/mol. The van der Waals surface area contributed by atoms with Crippen LogP contribution in [0.25, 0.3) is 22.6 Å². The molecule has 6 nitrogen and oxygen atoms in total. The van der Waals surface area contributed by atoms with E-state index < -0.39 is 5.97 Å². The lowest BCUT2D eigenvalue weighted by Crippen LogP contribution is -2.00. The quantitative estimate of drug-likeness (QED) is 0.658. The third kappa shape index (κ3) is 3.33. The van der Waals surface area contributed by atoms with E-state index in [2.05, 4.69) is 5.16 Å². The molecule has 0 aliphatic rings. The SMILES string of the molecule is COC(=O)c1cccc(-c2cc(-c3ccc(OC)c(OC)c3)on2)c1. The van der Waals surface area contributed by atoms with Gasteiger partial charge in [0, 0.05) is 17.2 Å². The van der Waals surface area contributed by atoms with Crippen LogP contribution in [0.4, 0.5) is 0 Å². The van der Waals surface area contributed by atoms with E-state index in [1.807, 2.05) is 18.2 Å². The maximum Gasteiger partial charge on any atom is 0.337 e. The van der Waals surface area contributed by atoms with Crippen molar-refractivity contribution in [2.45, 2.75) is 0 Å². The van der Waals surface area contributed by atoms with Gasteiger partial charge in [-0.2, -0.15) is 0 Å². The van der Waals surface area contributed by atoms with Crippen LogP contribution in [0.5, 0.6) is 11.5 Å². The van der Waals surface area contributed by atoms with Crippen LogP contribution < -0.4 is 9.47 Å². The highest BCUT2D eigenvalue weighted by Gasteiger charge is 2.13. The van der Waals surface area contributed by atoms with Crippen LogP contribution in [0.3, 0.4) is 0 Å². The summed E-state index contributed by atoms with van der Waals surface area (Å²) in [7, 11) is 4.50. The summed E-state index contributed by atoms with van der Waals surface area (Å²) >= 11 is 0. The Hall–Kier alpha value is -3.28. The van der Waals surface area contributed by atoms with Gasteiger partial charge >= 0.3 is 5.97 Å². The largest absolute Gasteiger partial charge is 0.493 e. The molecule has 0 bridgehead atoms. The number of benzene rings is 2. The number of carbonyl (C=O) groups is 1. The Kier molecular flexibility index (Phi) is 4.70. The van der Waals surface area contributed by atoms with Crippen molar-refractivity contribution in [1.29, 1.82) is 0 Å². The fourth-order valence-electron chi connectivity index (χ4n) is 2.46. The summed E-state index contributed by atoms with van der Waals surface area (Å²) in [5.74, 6) is 1.42. The number of nitrogens with zero attached hydrogens (tertiary/aromatic N) is 1. The maximum absolute atomic E-state index is 11.7. The minimum absolute atomic E-state index is 0.398. The second kappa shape index (κ2) is 7.09. The zero-order valence-corrected chi connectivity index (χ0v) is 14.1. The molecule has 25 heavy (non-hydrogen) atoms. The zero-order chi connectivity index (χ0) is 17.8. The Balaban J connectivity index is 1.94. The van der Waals surface area contributed by atoms with Crippen LogP contribution in [0.1, 0.15) is 10.4 Å². The first kappa shape index (κ1) is 16.6. The topological polar surface area (TPSA) is 70.8 Å². The van der Waals surface area contributed by atoms with E-state index in [9.17, 15) is 4.79 Å². The molecule has 0 aliphatic carbocycles. The first-order valence-corrected chi connectivity index (χ1v) is 7.54. The molecule has 0 saturated heterocycles. The number of esters is 1. The second-order valence-corrected chi connectivity index (χ2v) is 5.22. The summed E-state index contributed by atoms with van der Waals surface area (Å²) in [5, 5.41) is 4.09. The van der Waals surface area contributed by atoms with E-state index >= 15 is 0 Å². The average molecular weight is 339 g/mol. The van der Waals surface area contributed by atoms with Crippen molar-refractivity contribution in [3.05, 3.63) is 54.1 Å². The summed E-state index contributed by atoms with van der Waals surface area (Å²) in [6, 6.07) is 14.3. The first-order valence-electron chi connectivity index (χ1n) is 7.54. The Bertz CT molecular complexity index is 900. The summed E-state index contributed by atoms with van der Waals surface area (Å²) in [6.07, 6.45) is 0. The lowest BCUT2D eigenvalue weighted by Gasteiger charge is -2.07. The van der Waals surface area contributed by atoms with Gasteiger partial charge in [0.25, 0.3) is 0 Å². The molecule has 0 spiro atoms. The fraction of sp³-hybridized carbons (Fsp3) is 0.158. The van der Waals surface area contributed by atoms with E-state index in [-0.39, 0.29) is 0 Å². The third-order valence-electron chi connectivity index (χ3n) is 3.76. The average Bonchev–Trinajstić information content (AvgIpc) is 3.17. The molecule has 0 radical (unpaired) electrons. The Morgan fingerprint density at radius 2 is 1.72 bits per heavy atom. The maximum atomic E-state index is 11.7. The van der Waals surface area contributed by atoms with Gasteiger partial charge in [-0.05, 0) is 30.3 Å². The van der Waals surface area contributed by atoms with Crippen molar-refractivity contribution in [2.24, 2.45) is 0 Å². The number of methoxy groups -OCH3 is 3. The van der Waals surface area contributed by atoms with Gasteiger partial charge in [0.2, 0.25) is 0 Å². The number of hydrogen-bond donors (Lipinski definition) is 0. The molecule has 1 aromatic heterocycles. The van der Waals surface area contributed by atoms with E-state index in [0.717, 1.165) is 11.1 Å². The van der Waals surface area contributed by atoms with Crippen LogP contribution >= 0.6 is 0 Å². The van der Waals surface area contributed by atoms with Crippen LogP contribution in [-0.4, -0.2) is 32.5 Å². The molecular formula is C19H17NO5. The van der Waals surface area contributed by atoms with Crippen molar-refractivity contribution >= 4 is 5.97 Å². The lowest BCUT2D eigenvalue weighted by molar-refractivity contribution is 0.0601. The smallest absolute Gasteiger partial charge is 0.337 e. The molecule has 6 heteroatoms. The normalized spacial score (nSPS) is 10.4. The molecule has 0 unspecified atom stereocenters. The van der Waals surface area contributed by atoms with E-state index in [1.165, 1.54) is 7.11 Å². The minimum Gasteiger partial charge on any atom is -0.493 e. The molecule has 3 rings (SSSR count).